The SMILES string of the molecule is O=C1CC(C(=O)Nc2ccc(F)c(Cl)c2)SC(=Nc2ccccc2)N1. The van der Waals surface area contributed by atoms with E-state index in [1.807, 2.05) is 18.2 Å². The van der Waals surface area contributed by atoms with E-state index in [0.29, 0.717) is 16.5 Å². The molecule has 5 nitrogen and oxygen atoms in total. The fourth-order valence-corrected chi connectivity index (χ4v) is 3.34. The fourth-order valence-electron chi connectivity index (χ4n) is 2.16. The molecule has 8 heteroatoms. The number of halogens is 2. The van der Waals surface area contributed by atoms with Gasteiger partial charge in [-0.25, -0.2) is 9.38 Å². The van der Waals surface area contributed by atoms with Gasteiger partial charge in [-0.1, -0.05) is 41.6 Å². The van der Waals surface area contributed by atoms with Gasteiger partial charge in [-0.3, -0.25) is 9.59 Å². The third-order valence-corrected chi connectivity index (χ3v) is 4.71. The first-order valence-electron chi connectivity index (χ1n) is 7.37. The Bertz CT molecular complexity index is 845. The van der Waals surface area contributed by atoms with E-state index in [1.165, 1.54) is 18.2 Å². The van der Waals surface area contributed by atoms with Crippen molar-refractivity contribution in [3.05, 3.63) is 59.4 Å². The monoisotopic (exact) mass is 377 g/mol. The Morgan fingerprint density at radius 2 is 2.04 bits per heavy atom. The summed E-state index contributed by atoms with van der Waals surface area (Å²) >= 11 is 6.87. The molecule has 0 radical (unpaired) electrons. The van der Waals surface area contributed by atoms with Crippen LogP contribution in [0.4, 0.5) is 15.8 Å². The number of para-hydroxylation sites is 1. The van der Waals surface area contributed by atoms with Gasteiger partial charge in [0, 0.05) is 12.1 Å². The highest BCUT2D eigenvalue weighted by atomic mass is 35.5. The average Bonchev–Trinajstić information content (AvgIpc) is 2.58. The molecule has 1 aliphatic rings. The second kappa shape index (κ2) is 7.67. The van der Waals surface area contributed by atoms with Gasteiger partial charge < -0.3 is 10.6 Å². The van der Waals surface area contributed by atoms with Crippen molar-refractivity contribution in [2.75, 3.05) is 5.32 Å². The first kappa shape index (κ1) is 17.4. The molecule has 2 amide bonds. The summed E-state index contributed by atoms with van der Waals surface area (Å²) in [4.78, 5) is 28.6. The van der Waals surface area contributed by atoms with Gasteiger partial charge in [0.05, 0.1) is 10.7 Å². The maximum absolute atomic E-state index is 13.2. The third kappa shape index (κ3) is 4.58. The molecule has 0 aromatic heterocycles. The lowest BCUT2D eigenvalue weighted by Crippen LogP contribution is -2.41. The quantitative estimate of drug-likeness (QED) is 0.856. The molecule has 1 aliphatic heterocycles. The standard InChI is InChI=1S/C17H13ClFN3O2S/c18-12-8-11(6-7-13(12)19)20-16(24)14-9-15(23)22-17(25-14)21-10-4-2-1-3-5-10/h1-8,14H,9H2,(H,20,24)(H,21,22,23). The molecule has 2 N–H and O–H groups in total. The average molecular weight is 378 g/mol. The minimum atomic E-state index is -0.639. The molecule has 1 unspecified atom stereocenters. The van der Waals surface area contributed by atoms with Gasteiger partial charge in [-0.15, -0.1) is 0 Å². The van der Waals surface area contributed by atoms with Crippen LogP contribution in [0.25, 0.3) is 0 Å². The zero-order chi connectivity index (χ0) is 17.8. The van der Waals surface area contributed by atoms with Gasteiger partial charge in [0.25, 0.3) is 0 Å². The molecule has 3 rings (SSSR count). The van der Waals surface area contributed by atoms with Gasteiger partial charge in [0.15, 0.2) is 5.17 Å². The molecule has 2 aromatic carbocycles. The first-order chi connectivity index (χ1) is 12.0. The zero-order valence-electron chi connectivity index (χ0n) is 12.8. The summed E-state index contributed by atoms with van der Waals surface area (Å²) in [6.45, 7) is 0. The molecular formula is C17H13ClFN3O2S. The van der Waals surface area contributed by atoms with Crippen LogP contribution >= 0.6 is 23.4 Å². The minimum Gasteiger partial charge on any atom is -0.325 e. The molecule has 1 saturated heterocycles. The molecule has 128 valence electrons. The Hall–Kier alpha value is -2.38. The molecule has 0 bridgehead atoms. The Morgan fingerprint density at radius 3 is 2.76 bits per heavy atom. The number of anilines is 1. The van der Waals surface area contributed by atoms with Crippen LogP contribution in [-0.4, -0.2) is 22.2 Å². The lowest BCUT2D eigenvalue weighted by molar-refractivity contribution is -0.123. The maximum atomic E-state index is 13.2. The summed E-state index contributed by atoms with van der Waals surface area (Å²) in [5.41, 5.74) is 1.04. The van der Waals surface area contributed by atoms with E-state index in [-0.39, 0.29) is 23.3 Å². The van der Waals surface area contributed by atoms with E-state index in [1.54, 1.807) is 12.1 Å². The Kier molecular flexibility index (Phi) is 5.35. The molecule has 0 saturated carbocycles. The summed E-state index contributed by atoms with van der Waals surface area (Å²) in [7, 11) is 0. The molecular weight excluding hydrogens is 365 g/mol. The summed E-state index contributed by atoms with van der Waals surface area (Å²) in [5.74, 6) is -1.22. The van der Waals surface area contributed by atoms with Crippen LogP contribution < -0.4 is 10.6 Å². The van der Waals surface area contributed by atoms with E-state index in [9.17, 15) is 14.0 Å². The van der Waals surface area contributed by atoms with Crippen molar-refractivity contribution < 1.29 is 14.0 Å². The number of amides is 2. The van der Waals surface area contributed by atoms with Crippen molar-refractivity contribution >= 4 is 51.7 Å². The van der Waals surface area contributed by atoms with Gasteiger partial charge in [0.1, 0.15) is 11.1 Å². The van der Waals surface area contributed by atoms with Gasteiger partial charge >= 0.3 is 0 Å². The number of rotatable bonds is 3. The summed E-state index contributed by atoms with van der Waals surface area (Å²) in [6.07, 6.45) is 0.0270. The number of benzene rings is 2. The maximum Gasteiger partial charge on any atom is 0.238 e. The van der Waals surface area contributed by atoms with Crippen LogP contribution in [0.5, 0.6) is 0 Å². The highest BCUT2D eigenvalue weighted by Gasteiger charge is 2.30. The number of carbonyl (C=O) groups is 2. The van der Waals surface area contributed by atoms with Crippen molar-refractivity contribution in [1.29, 1.82) is 0 Å². The van der Waals surface area contributed by atoms with Crippen LogP contribution in [0.1, 0.15) is 6.42 Å². The number of hydrogen-bond donors (Lipinski definition) is 2. The number of amidine groups is 1. The molecule has 1 fully saturated rings. The Balaban J connectivity index is 1.72. The highest BCUT2D eigenvalue weighted by Crippen LogP contribution is 2.25. The van der Waals surface area contributed by atoms with Crippen molar-refractivity contribution in [1.82, 2.24) is 5.32 Å². The van der Waals surface area contributed by atoms with Crippen LogP contribution in [0, 0.1) is 5.82 Å². The van der Waals surface area contributed by atoms with Gasteiger partial charge in [0.2, 0.25) is 11.8 Å². The van der Waals surface area contributed by atoms with Crippen molar-refractivity contribution in [3.8, 4) is 0 Å². The van der Waals surface area contributed by atoms with Crippen LogP contribution in [0.15, 0.2) is 53.5 Å². The largest absolute Gasteiger partial charge is 0.325 e. The normalized spacial score (nSPS) is 18.7. The van der Waals surface area contributed by atoms with Gasteiger partial charge in [-0.05, 0) is 30.3 Å². The second-order valence-corrected chi connectivity index (χ2v) is 6.83. The first-order valence-corrected chi connectivity index (χ1v) is 8.63. The zero-order valence-corrected chi connectivity index (χ0v) is 14.4. The minimum absolute atomic E-state index is 0.0270. The summed E-state index contributed by atoms with van der Waals surface area (Å²) in [5, 5.41) is 4.93. The van der Waals surface area contributed by atoms with Crippen molar-refractivity contribution in [2.45, 2.75) is 11.7 Å². The summed E-state index contributed by atoms with van der Waals surface area (Å²) in [6, 6.07) is 13.0. The molecule has 0 aliphatic carbocycles. The number of thioether (sulfide) groups is 1. The van der Waals surface area contributed by atoms with Crippen LogP contribution in [0.2, 0.25) is 5.02 Å². The Morgan fingerprint density at radius 1 is 1.28 bits per heavy atom. The molecule has 1 atom stereocenters. The van der Waals surface area contributed by atoms with Crippen molar-refractivity contribution in [2.24, 2.45) is 4.99 Å². The smallest absolute Gasteiger partial charge is 0.238 e. The summed E-state index contributed by atoms with van der Waals surface area (Å²) < 4.78 is 13.2. The van der Waals surface area contributed by atoms with E-state index < -0.39 is 11.1 Å². The molecule has 2 aromatic rings. The lowest BCUT2D eigenvalue weighted by atomic mass is 10.2. The molecule has 1 heterocycles. The van der Waals surface area contributed by atoms with E-state index in [2.05, 4.69) is 15.6 Å². The van der Waals surface area contributed by atoms with Gasteiger partial charge in [-0.2, -0.15) is 0 Å². The number of hydrogen-bond acceptors (Lipinski definition) is 4. The lowest BCUT2D eigenvalue weighted by Gasteiger charge is -2.22. The van der Waals surface area contributed by atoms with Crippen LogP contribution in [-0.2, 0) is 9.59 Å². The predicted molar refractivity (Wildman–Crippen MR) is 97.7 cm³/mol. The van der Waals surface area contributed by atoms with E-state index in [4.69, 9.17) is 11.6 Å². The highest BCUT2D eigenvalue weighted by molar-refractivity contribution is 8.15. The van der Waals surface area contributed by atoms with Crippen molar-refractivity contribution in [3.63, 3.8) is 0 Å². The molecule has 25 heavy (non-hydrogen) atoms. The second-order valence-electron chi connectivity index (χ2n) is 5.23. The number of aliphatic imine (C=N–C) groups is 1. The topological polar surface area (TPSA) is 70.6 Å². The third-order valence-electron chi connectivity index (χ3n) is 3.34. The number of nitrogens with zero attached hydrogens (tertiary/aromatic N) is 1. The molecule has 0 spiro atoms. The van der Waals surface area contributed by atoms with Crippen LogP contribution in [0.3, 0.4) is 0 Å². The number of nitrogens with one attached hydrogen (secondary N) is 2. The predicted octanol–water partition coefficient (Wildman–Crippen LogP) is 3.73. The number of carbonyl (C=O) groups excluding carboxylic acids is 2. The fraction of sp³-hybridized carbons (Fsp3) is 0.118. The van der Waals surface area contributed by atoms with E-state index >= 15 is 0 Å². The Labute approximate surface area is 152 Å². The van der Waals surface area contributed by atoms with E-state index in [0.717, 1.165) is 11.8 Å².